The number of hydrogen-bond acceptors (Lipinski definition) is 10. The first-order valence-electron chi connectivity index (χ1n) is 11.0. The summed E-state index contributed by atoms with van der Waals surface area (Å²) in [4.78, 5) is 17.4. The number of benzene rings is 2. The Hall–Kier alpha value is -5.11. The van der Waals surface area contributed by atoms with E-state index >= 15 is 0 Å². The van der Waals surface area contributed by atoms with Gasteiger partial charge in [0.2, 0.25) is 11.4 Å². The summed E-state index contributed by atoms with van der Waals surface area (Å²) in [6.07, 6.45) is 1.59. The van der Waals surface area contributed by atoms with Crippen LogP contribution in [0.5, 0.6) is 23.0 Å². The lowest BCUT2D eigenvalue weighted by Gasteiger charge is -2.20. The second-order valence-corrected chi connectivity index (χ2v) is 7.99. The van der Waals surface area contributed by atoms with E-state index in [1.165, 1.54) is 33.0 Å². The van der Waals surface area contributed by atoms with Crippen LogP contribution in [0.2, 0.25) is 0 Å². The van der Waals surface area contributed by atoms with Crippen LogP contribution in [0.1, 0.15) is 22.7 Å². The predicted octanol–water partition coefficient (Wildman–Crippen LogP) is 1.68. The van der Waals surface area contributed by atoms with E-state index in [-0.39, 0.29) is 28.4 Å². The SMILES string of the molecule is COc1ccc(/C=c2\c(=O)oc3n2-c2oc(N)nc2[C@@H](c2ccc(OC)c(OC)c2)C=3C#N)cc1OC. The molecule has 0 fully saturated rings. The molecule has 1 aliphatic heterocycles. The smallest absolute Gasteiger partial charge is 0.362 e. The molecule has 2 N–H and O–H groups in total. The Balaban J connectivity index is 1.81. The highest BCUT2D eigenvalue weighted by atomic mass is 16.5. The van der Waals surface area contributed by atoms with Gasteiger partial charge in [0, 0.05) is 0 Å². The summed E-state index contributed by atoms with van der Waals surface area (Å²) in [6.45, 7) is 0. The van der Waals surface area contributed by atoms with Gasteiger partial charge in [0.1, 0.15) is 22.7 Å². The fourth-order valence-corrected chi connectivity index (χ4v) is 4.41. The number of aromatic nitrogens is 2. The monoisotopic (exact) mass is 502 g/mol. The number of anilines is 1. The molecule has 0 bridgehead atoms. The van der Waals surface area contributed by atoms with Gasteiger partial charge in [-0.3, -0.25) is 0 Å². The lowest BCUT2D eigenvalue weighted by atomic mass is 9.87. The van der Waals surface area contributed by atoms with Crippen LogP contribution < -0.4 is 41.2 Å². The van der Waals surface area contributed by atoms with Crippen molar-refractivity contribution in [3.05, 3.63) is 74.5 Å². The molecule has 5 rings (SSSR count). The largest absolute Gasteiger partial charge is 0.493 e. The van der Waals surface area contributed by atoms with Crippen LogP contribution in [0.4, 0.5) is 6.01 Å². The van der Waals surface area contributed by atoms with E-state index in [0.29, 0.717) is 39.8 Å². The van der Waals surface area contributed by atoms with Crippen molar-refractivity contribution in [3.63, 3.8) is 0 Å². The van der Waals surface area contributed by atoms with E-state index in [2.05, 4.69) is 11.1 Å². The molecular formula is C26H22N4O7. The van der Waals surface area contributed by atoms with Gasteiger partial charge < -0.3 is 33.5 Å². The van der Waals surface area contributed by atoms with Gasteiger partial charge in [0.05, 0.1) is 34.4 Å². The normalized spacial score (nSPS) is 14.5. The average Bonchev–Trinajstić information content (AvgIpc) is 3.45. The highest BCUT2D eigenvalue weighted by Crippen LogP contribution is 2.40. The Morgan fingerprint density at radius 3 is 2.27 bits per heavy atom. The maximum absolute atomic E-state index is 13.1. The summed E-state index contributed by atoms with van der Waals surface area (Å²) in [5.41, 5.74) is 7.06. The summed E-state index contributed by atoms with van der Waals surface area (Å²) in [6, 6.07) is 12.4. The van der Waals surface area contributed by atoms with Crippen LogP contribution >= 0.6 is 0 Å². The van der Waals surface area contributed by atoms with E-state index in [0.717, 1.165) is 0 Å². The minimum absolute atomic E-state index is 0.0164. The molecule has 0 unspecified atom stereocenters. The van der Waals surface area contributed by atoms with Crippen molar-refractivity contribution >= 4 is 17.7 Å². The first-order chi connectivity index (χ1) is 17.9. The summed E-state index contributed by atoms with van der Waals surface area (Å²) in [5, 5.41) is 10.3. The molecule has 2 aromatic carbocycles. The maximum Gasteiger partial charge on any atom is 0.362 e. The summed E-state index contributed by atoms with van der Waals surface area (Å²) >= 11 is 0. The number of fused-ring (bicyclic) bond motifs is 3. The number of hydrogen-bond donors (Lipinski definition) is 1. The lowest BCUT2D eigenvalue weighted by Crippen LogP contribution is -2.35. The van der Waals surface area contributed by atoms with Gasteiger partial charge in [-0.25, -0.2) is 9.36 Å². The molecule has 0 amide bonds. The van der Waals surface area contributed by atoms with Crippen LogP contribution in [0, 0.1) is 11.3 Å². The van der Waals surface area contributed by atoms with Crippen LogP contribution in [-0.4, -0.2) is 38.0 Å². The van der Waals surface area contributed by atoms with Crippen molar-refractivity contribution in [1.82, 2.24) is 9.55 Å². The third-order valence-corrected chi connectivity index (χ3v) is 6.06. The summed E-state index contributed by atoms with van der Waals surface area (Å²) in [7, 11) is 6.08. The van der Waals surface area contributed by atoms with Gasteiger partial charge in [0.25, 0.3) is 6.01 Å². The molecule has 0 aliphatic carbocycles. The minimum atomic E-state index is -0.736. The van der Waals surface area contributed by atoms with Gasteiger partial charge in [-0.05, 0) is 41.5 Å². The molecule has 1 aliphatic rings. The highest BCUT2D eigenvalue weighted by Gasteiger charge is 2.36. The van der Waals surface area contributed by atoms with E-state index in [9.17, 15) is 10.1 Å². The van der Waals surface area contributed by atoms with Crippen molar-refractivity contribution < 1.29 is 27.8 Å². The zero-order chi connectivity index (χ0) is 26.3. The molecule has 0 saturated carbocycles. The Morgan fingerprint density at radius 1 is 0.973 bits per heavy atom. The molecule has 188 valence electrons. The molecule has 0 radical (unpaired) electrons. The Labute approximate surface area is 210 Å². The van der Waals surface area contributed by atoms with Gasteiger partial charge in [-0.2, -0.15) is 10.2 Å². The van der Waals surface area contributed by atoms with Crippen LogP contribution in [-0.2, 0) is 0 Å². The molecular weight excluding hydrogens is 480 g/mol. The minimum Gasteiger partial charge on any atom is -0.493 e. The number of ether oxygens (including phenoxy) is 4. The van der Waals surface area contributed by atoms with E-state index in [4.69, 9.17) is 33.5 Å². The molecule has 37 heavy (non-hydrogen) atoms. The number of oxazole rings is 2. The van der Waals surface area contributed by atoms with Gasteiger partial charge in [-0.1, -0.05) is 12.1 Å². The Kier molecular flexibility index (Phi) is 5.85. The lowest BCUT2D eigenvalue weighted by molar-refractivity contribution is 0.354. The first-order valence-corrected chi connectivity index (χ1v) is 11.0. The molecule has 4 aromatic rings. The Bertz CT molecular complexity index is 1740. The number of nitrogen functional groups attached to an aromatic ring is 1. The van der Waals surface area contributed by atoms with Crippen LogP contribution in [0.15, 0.2) is 50.0 Å². The van der Waals surface area contributed by atoms with Crippen molar-refractivity contribution in [2.24, 2.45) is 0 Å². The van der Waals surface area contributed by atoms with Gasteiger partial charge >= 0.3 is 5.63 Å². The number of nitrogens with two attached hydrogens (primary N) is 1. The van der Waals surface area contributed by atoms with Crippen molar-refractivity contribution in [3.8, 4) is 35.0 Å². The van der Waals surface area contributed by atoms with E-state index < -0.39 is 11.5 Å². The fourth-order valence-electron chi connectivity index (χ4n) is 4.41. The third-order valence-electron chi connectivity index (χ3n) is 6.06. The third kappa shape index (κ3) is 3.75. The zero-order valence-electron chi connectivity index (χ0n) is 20.4. The topological polar surface area (TPSA) is 148 Å². The summed E-state index contributed by atoms with van der Waals surface area (Å²) in [5.74, 6) is 1.42. The zero-order valence-corrected chi connectivity index (χ0v) is 20.4. The number of rotatable bonds is 6. The maximum atomic E-state index is 13.1. The molecule has 3 heterocycles. The first kappa shape index (κ1) is 23.6. The Morgan fingerprint density at radius 2 is 1.62 bits per heavy atom. The molecule has 2 aromatic heterocycles. The van der Waals surface area contributed by atoms with Gasteiger partial charge in [-0.15, -0.1) is 0 Å². The molecule has 11 nitrogen and oxygen atoms in total. The average molecular weight is 502 g/mol. The highest BCUT2D eigenvalue weighted by molar-refractivity contribution is 5.73. The van der Waals surface area contributed by atoms with Crippen LogP contribution in [0.25, 0.3) is 17.5 Å². The van der Waals surface area contributed by atoms with E-state index in [1.54, 1.807) is 42.5 Å². The number of methoxy groups -OCH3 is 4. The molecule has 0 spiro atoms. The number of nitrogens with zero attached hydrogens (tertiary/aromatic N) is 3. The molecule has 11 heteroatoms. The quantitative estimate of drug-likeness (QED) is 0.413. The van der Waals surface area contributed by atoms with Crippen molar-refractivity contribution in [2.45, 2.75) is 5.92 Å². The standard InChI is InChI=1S/C26H22N4O7/c1-32-17-7-5-13(10-19(17)34-3)9-16-25(31)36-23-15(12-27)21(22-24(30(16)23)37-26(28)29-22)14-6-8-18(33-2)20(11-14)35-4/h5-11,21H,1-4H3,(H2,28,29)/b16-9+/t21-/m0/s1. The predicted molar refractivity (Wildman–Crippen MR) is 132 cm³/mol. The van der Waals surface area contributed by atoms with Crippen LogP contribution in [0.3, 0.4) is 0 Å². The second kappa shape index (κ2) is 9.16. The second-order valence-electron chi connectivity index (χ2n) is 7.99. The molecule has 1 atom stereocenters. The van der Waals surface area contributed by atoms with Gasteiger partial charge in [0.15, 0.2) is 23.0 Å². The fraction of sp³-hybridized carbons (Fsp3) is 0.192. The van der Waals surface area contributed by atoms with Crippen molar-refractivity contribution in [2.75, 3.05) is 34.2 Å². The summed E-state index contributed by atoms with van der Waals surface area (Å²) < 4.78 is 34.2. The van der Waals surface area contributed by atoms with Crippen molar-refractivity contribution in [1.29, 1.82) is 5.26 Å². The molecule has 0 saturated heterocycles. The van der Waals surface area contributed by atoms with E-state index in [1.807, 2.05) is 0 Å². The number of nitriles is 1.